The molecule has 0 heterocycles. The molecule has 0 radical (unpaired) electrons. The van der Waals surface area contributed by atoms with Crippen LogP contribution in [0.4, 0.5) is 4.39 Å². The summed E-state index contributed by atoms with van der Waals surface area (Å²) < 4.78 is 13.5. The molecule has 0 bridgehead atoms. The number of nitrogens with one attached hydrogen (secondary N) is 1. The first kappa shape index (κ1) is 15.0. The van der Waals surface area contributed by atoms with Gasteiger partial charge in [0.05, 0.1) is 6.04 Å². The van der Waals surface area contributed by atoms with Gasteiger partial charge in [-0.2, -0.15) is 0 Å². The van der Waals surface area contributed by atoms with Crippen molar-refractivity contribution in [2.75, 3.05) is 6.54 Å². The molecule has 0 saturated carbocycles. The van der Waals surface area contributed by atoms with Gasteiger partial charge in [-0.3, -0.25) is 0 Å². The quantitative estimate of drug-likeness (QED) is 0.828. The first-order chi connectivity index (χ1) is 9.61. The molecular weight excluding hydrogens is 273 g/mol. The van der Waals surface area contributed by atoms with Gasteiger partial charge in [-0.1, -0.05) is 48.4 Å². The molecule has 0 spiro atoms. The molecule has 20 heavy (non-hydrogen) atoms. The van der Waals surface area contributed by atoms with Gasteiger partial charge in [0.25, 0.3) is 0 Å². The Hall–Kier alpha value is -1.38. The fourth-order valence-electron chi connectivity index (χ4n) is 2.19. The molecule has 0 saturated heterocycles. The lowest BCUT2D eigenvalue weighted by molar-refractivity contribution is 0.585. The molecule has 0 fully saturated rings. The summed E-state index contributed by atoms with van der Waals surface area (Å²) in [6.45, 7) is 5.01. The van der Waals surface area contributed by atoms with Crippen LogP contribution in [-0.2, 0) is 0 Å². The smallest absolute Gasteiger partial charge is 0.123 e. The highest BCUT2D eigenvalue weighted by Gasteiger charge is 2.17. The molecule has 2 rings (SSSR count). The molecular formula is C17H19ClFN. The summed E-state index contributed by atoms with van der Waals surface area (Å²) in [6.07, 6.45) is 1.01. The van der Waals surface area contributed by atoms with Crippen molar-refractivity contribution in [1.82, 2.24) is 5.32 Å². The van der Waals surface area contributed by atoms with Crippen molar-refractivity contribution in [3.05, 3.63) is 70.0 Å². The molecule has 1 unspecified atom stereocenters. The Kier molecular flexibility index (Phi) is 5.16. The lowest BCUT2D eigenvalue weighted by Gasteiger charge is -2.21. The first-order valence-electron chi connectivity index (χ1n) is 6.86. The molecule has 0 aliphatic heterocycles. The summed E-state index contributed by atoms with van der Waals surface area (Å²) in [5.41, 5.74) is 3.08. The molecule has 0 aliphatic carbocycles. The number of hydrogen-bond donors (Lipinski definition) is 1. The Bertz CT molecular complexity index is 566. The maximum atomic E-state index is 13.5. The standard InChI is InChI=1S/C17H19ClFN/c1-3-10-20-17(13-6-4-12(2)5-7-13)15-11-14(19)8-9-16(15)18/h4-9,11,17,20H,3,10H2,1-2H3. The van der Waals surface area contributed by atoms with Crippen LogP contribution in [0.25, 0.3) is 0 Å². The normalized spacial score (nSPS) is 12.4. The van der Waals surface area contributed by atoms with Crippen molar-refractivity contribution < 1.29 is 4.39 Å². The van der Waals surface area contributed by atoms with Crippen LogP contribution >= 0.6 is 11.6 Å². The van der Waals surface area contributed by atoms with Crippen LogP contribution in [0.2, 0.25) is 5.02 Å². The van der Waals surface area contributed by atoms with Crippen molar-refractivity contribution in [3.8, 4) is 0 Å². The zero-order valence-electron chi connectivity index (χ0n) is 11.8. The Labute approximate surface area is 124 Å². The molecule has 2 aromatic rings. The van der Waals surface area contributed by atoms with E-state index in [0.717, 1.165) is 24.1 Å². The summed E-state index contributed by atoms with van der Waals surface area (Å²) in [7, 11) is 0. The highest BCUT2D eigenvalue weighted by Crippen LogP contribution is 2.29. The third-order valence-corrected chi connectivity index (χ3v) is 3.62. The maximum absolute atomic E-state index is 13.5. The Balaban J connectivity index is 2.41. The van der Waals surface area contributed by atoms with E-state index in [4.69, 9.17) is 11.6 Å². The Morgan fingerprint density at radius 3 is 2.50 bits per heavy atom. The molecule has 1 atom stereocenters. The topological polar surface area (TPSA) is 12.0 Å². The molecule has 1 N–H and O–H groups in total. The van der Waals surface area contributed by atoms with E-state index >= 15 is 0 Å². The predicted octanol–water partition coefficient (Wildman–Crippen LogP) is 4.88. The minimum Gasteiger partial charge on any atom is -0.306 e. The van der Waals surface area contributed by atoms with Crippen LogP contribution in [-0.4, -0.2) is 6.54 Å². The number of aryl methyl sites for hydroxylation is 1. The van der Waals surface area contributed by atoms with E-state index in [2.05, 4.69) is 36.5 Å². The first-order valence-corrected chi connectivity index (χ1v) is 7.24. The van der Waals surface area contributed by atoms with Crippen molar-refractivity contribution >= 4 is 11.6 Å². The van der Waals surface area contributed by atoms with Crippen LogP contribution in [0.1, 0.15) is 36.1 Å². The van der Waals surface area contributed by atoms with Crippen molar-refractivity contribution in [2.24, 2.45) is 0 Å². The summed E-state index contributed by atoms with van der Waals surface area (Å²) in [4.78, 5) is 0. The molecule has 1 nitrogen and oxygen atoms in total. The fourth-order valence-corrected chi connectivity index (χ4v) is 2.42. The van der Waals surface area contributed by atoms with Crippen LogP contribution in [0.5, 0.6) is 0 Å². The number of rotatable bonds is 5. The monoisotopic (exact) mass is 291 g/mol. The zero-order valence-corrected chi connectivity index (χ0v) is 12.5. The van der Waals surface area contributed by atoms with E-state index in [1.807, 2.05) is 6.92 Å². The molecule has 0 amide bonds. The number of benzene rings is 2. The van der Waals surface area contributed by atoms with Crippen LogP contribution in [0.15, 0.2) is 42.5 Å². The third-order valence-electron chi connectivity index (χ3n) is 3.28. The van der Waals surface area contributed by atoms with Crippen molar-refractivity contribution in [3.63, 3.8) is 0 Å². The van der Waals surface area contributed by atoms with E-state index in [-0.39, 0.29) is 11.9 Å². The molecule has 0 aromatic heterocycles. The van der Waals surface area contributed by atoms with Crippen molar-refractivity contribution in [1.29, 1.82) is 0 Å². The zero-order chi connectivity index (χ0) is 14.5. The summed E-state index contributed by atoms with van der Waals surface area (Å²) in [6, 6.07) is 12.7. The Morgan fingerprint density at radius 2 is 1.85 bits per heavy atom. The second-order valence-electron chi connectivity index (χ2n) is 4.96. The number of halogens is 2. The van der Waals surface area contributed by atoms with Gasteiger partial charge >= 0.3 is 0 Å². The van der Waals surface area contributed by atoms with Gasteiger partial charge in [-0.15, -0.1) is 0 Å². The summed E-state index contributed by atoms with van der Waals surface area (Å²) in [5.74, 6) is -0.264. The van der Waals surface area contributed by atoms with E-state index in [9.17, 15) is 4.39 Å². The highest BCUT2D eigenvalue weighted by atomic mass is 35.5. The summed E-state index contributed by atoms with van der Waals surface area (Å²) in [5, 5.41) is 4.02. The van der Waals surface area contributed by atoms with E-state index in [1.165, 1.54) is 17.7 Å². The van der Waals surface area contributed by atoms with Crippen LogP contribution < -0.4 is 5.32 Å². The van der Waals surface area contributed by atoms with E-state index in [1.54, 1.807) is 6.07 Å². The predicted molar refractivity (Wildman–Crippen MR) is 82.7 cm³/mol. The van der Waals surface area contributed by atoms with Gasteiger partial charge in [0.2, 0.25) is 0 Å². The van der Waals surface area contributed by atoms with Gasteiger partial charge < -0.3 is 5.32 Å². The lowest BCUT2D eigenvalue weighted by atomic mass is 9.97. The SMILES string of the molecule is CCCNC(c1ccc(C)cc1)c1cc(F)ccc1Cl. The number of hydrogen-bond acceptors (Lipinski definition) is 1. The largest absolute Gasteiger partial charge is 0.306 e. The van der Waals surface area contributed by atoms with Crippen LogP contribution in [0, 0.1) is 12.7 Å². The van der Waals surface area contributed by atoms with E-state index in [0.29, 0.717) is 5.02 Å². The Morgan fingerprint density at radius 1 is 1.15 bits per heavy atom. The van der Waals surface area contributed by atoms with Gasteiger partial charge in [-0.25, -0.2) is 4.39 Å². The van der Waals surface area contributed by atoms with E-state index < -0.39 is 0 Å². The van der Waals surface area contributed by atoms with Gasteiger partial charge in [0, 0.05) is 5.02 Å². The maximum Gasteiger partial charge on any atom is 0.123 e. The summed E-state index contributed by atoms with van der Waals surface area (Å²) >= 11 is 6.24. The minimum absolute atomic E-state index is 0.0845. The lowest BCUT2D eigenvalue weighted by Crippen LogP contribution is -2.23. The van der Waals surface area contributed by atoms with Gasteiger partial charge in [-0.05, 0) is 49.2 Å². The average molecular weight is 292 g/mol. The average Bonchev–Trinajstić information content (AvgIpc) is 2.44. The van der Waals surface area contributed by atoms with Crippen molar-refractivity contribution in [2.45, 2.75) is 26.3 Å². The van der Waals surface area contributed by atoms with Gasteiger partial charge in [0.1, 0.15) is 5.82 Å². The molecule has 106 valence electrons. The third kappa shape index (κ3) is 3.59. The molecule has 2 aromatic carbocycles. The minimum atomic E-state index is -0.264. The van der Waals surface area contributed by atoms with Crippen LogP contribution in [0.3, 0.4) is 0 Å². The fraction of sp³-hybridized carbons (Fsp3) is 0.294. The highest BCUT2D eigenvalue weighted by molar-refractivity contribution is 6.31. The molecule has 0 aliphatic rings. The second kappa shape index (κ2) is 6.87. The van der Waals surface area contributed by atoms with Gasteiger partial charge in [0.15, 0.2) is 0 Å². The second-order valence-corrected chi connectivity index (χ2v) is 5.37. The molecule has 3 heteroatoms.